The van der Waals surface area contributed by atoms with Gasteiger partial charge in [0.1, 0.15) is 0 Å². The Bertz CT molecular complexity index is 851. The number of hydrazone groups is 1. The molecule has 2 N–H and O–H groups in total. The minimum atomic E-state index is -0.957. The predicted octanol–water partition coefficient (Wildman–Crippen LogP) is 3.98. The molecule has 22 heavy (non-hydrogen) atoms. The van der Waals surface area contributed by atoms with Gasteiger partial charge < -0.3 is 5.11 Å². The Labute approximate surface area is 127 Å². The third kappa shape index (κ3) is 2.96. The Morgan fingerprint density at radius 1 is 1.00 bits per heavy atom. The predicted molar refractivity (Wildman–Crippen MR) is 88.6 cm³/mol. The fourth-order valence-electron chi connectivity index (χ4n) is 2.26. The SMILES string of the molecule is O=C(O)c1cccc(N/N=C\c2cccc3ccccc23)c1. The second kappa shape index (κ2) is 6.10. The summed E-state index contributed by atoms with van der Waals surface area (Å²) in [6.45, 7) is 0. The first-order valence-electron chi connectivity index (χ1n) is 6.84. The van der Waals surface area contributed by atoms with Crippen molar-refractivity contribution in [1.29, 1.82) is 0 Å². The second-order valence-corrected chi connectivity index (χ2v) is 4.82. The van der Waals surface area contributed by atoms with Gasteiger partial charge in [-0.15, -0.1) is 0 Å². The van der Waals surface area contributed by atoms with E-state index < -0.39 is 5.97 Å². The van der Waals surface area contributed by atoms with Crippen LogP contribution in [0.1, 0.15) is 15.9 Å². The largest absolute Gasteiger partial charge is 0.478 e. The van der Waals surface area contributed by atoms with Crippen molar-refractivity contribution in [3.63, 3.8) is 0 Å². The summed E-state index contributed by atoms with van der Waals surface area (Å²) in [7, 11) is 0. The number of nitrogens with one attached hydrogen (secondary N) is 1. The number of hydrogen-bond acceptors (Lipinski definition) is 3. The highest BCUT2D eigenvalue weighted by Crippen LogP contribution is 2.17. The lowest BCUT2D eigenvalue weighted by molar-refractivity contribution is 0.0697. The van der Waals surface area contributed by atoms with Gasteiger partial charge in [-0.2, -0.15) is 5.10 Å². The molecule has 0 atom stereocenters. The van der Waals surface area contributed by atoms with Crippen molar-refractivity contribution < 1.29 is 9.90 Å². The number of carboxylic acids is 1. The van der Waals surface area contributed by atoms with Crippen LogP contribution in [0.5, 0.6) is 0 Å². The fraction of sp³-hybridized carbons (Fsp3) is 0. The summed E-state index contributed by atoms with van der Waals surface area (Å²) in [6, 6.07) is 20.6. The van der Waals surface area contributed by atoms with Crippen LogP contribution in [-0.2, 0) is 0 Å². The lowest BCUT2D eigenvalue weighted by atomic mass is 10.1. The summed E-state index contributed by atoms with van der Waals surface area (Å²) in [5, 5.41) is 15.4. The fourth-order valence-corrected chi connectivity index (χ4v) is 2.26. The molecule has 4 heteroatoms. The van der Waals surface area contributed by atoms with E-state index in [2.05, 4.69) is 22.7 Å². The summed E-state index contributed by atoms with van der Waals surface area (Å²) in [6.07, 6.45) is 1.73. The molecule has 3 aromatic carbocycles. The van der Waals surface area contributed by atoms with E-state index in [4.69, 9.17) is 5.11 Å². The quantitative estimate of drug-likeness (QED) is 0.564. The number of carbonyl (C=O) groups is 1. The van der Waals surface area contributed by atoms with E-state index in [1.165, 1.54) is 0 Å². The van der Waals surface area contributed by atoms with Crippen LogP contribution >= 0.6 is 0 Å². The standard InChI is InChI=1S/C18H14N2O2/c21-18(22)14-7-4-9-16(11-14)20-19-12-15-8-3-6-13-5-1-2-10-17(13)15/h1-12,20H,(H,21,22)/b19-12-. The molecule has 0 heterocycles. The molecular formula is C18H14N2O2. The molecule has 0 fully saturated rings. The van der Waals surface area contributed by atoms with Gasteiger partial charge in [0, 0.05) is 5.56 Å². The number of nitrogens with zero attached hydrogens (tertiary/aromatic N) is 1. The Morgan fingerprint density at radius 3 is 2.64 bits per heavy atom. The second-order valence-electron chi connectivity index (χ2n) is 4.82. The van der Waals surface area contributed by atoms with Gasteiger partial charge in [-0.25, -0.2) is 4.79 Å². The van der Waals surface area contributed by atoms with Crippen LogP contribution < -0.4 is 5.43 Å². The molecule has 3 aromatic rings. The van der Waals surface area contributed by atoms with Crippen molar-refractivity contribution in [2.24, 2.45) is 5.10 Å². The molecule has 0 saturated carbocycles. The van der Waals surface area contributed by atoms with E-state index >= 15 is 0 Å². The number of hydrogen-bond donors (Lipinski definition) is 2. The number of fused-ring (bicyclic) bond motifs is 1. The summed E-state index contributed by atoms with van der Waals surface area (Å²) < 4.78 is 0. The molecule has 0 saturated heterocycles. The molecule has 0 unspecified atom stereocenters. The van der Waals surface area contributed by atoms with Crippen LogP contribution in [0, 0.1) is 0 Å². The monoisotopic (exact) mass is 290 g/mol. The first-order chi connectivity index (χ1) is 10.7. The number of benzene rings is 3. The van der Waals surface area contributed by atoms with Gasteiger partial charge in [-0.1, -0.05) is 48.5 Å². The molecule has 0 bridgehead atoms. The topological polar surface area (TPSA) is 61.7 Å². The molecule has 0 aliphatic carbocycles. The molecule has 0 aromatic heterocycles. The molecule has 108 valence electrons. The Kier molecular flexibility index (Phi) is 3.83. The summed E-state index contributed by atoms with van der Waals surface area (Å²) in [5.41, 5.74) is 4.72. The highest BCUT2D eigenvalue weighted by Gasteiger charge is 2.02. The van der Waals surface area contributed by atoms with Gasteiger partial charge in [0.05, 0.1) is 17.5 Å². The van der Waals surface area contributed by atoms with Crippen molar-refractivity contribution in [3.8, 4) is 0 Å². The lowest BCUT2D eigenvalue weighted by Gasteiger charge is -2.03. The molecular weight excluding hydrogens is 276 g/mol. The van der Waals surface area contributed by atoms with Gasteiger partial charge in [0.15, 0.2) is 0 Å². The maximum atomic E-state index is 10.9. The summed E-state index contributed by atoms with van der Waals surface area (Å²) in [4.78, 5) is 10.9. The van der Waals surface area contributed by atoms with E-state index in [0.717, 1.165) is 16.3 Å². The zero-order chi connectivity index (χ0) is 15.4. The van der Waals surface area contributed by atoms with Gasteiger partial charge in [0.2, 0.25) is 0 Å². The third-order valence-electron chi connectivity index (χ3n) is 3.33. The van der Waals surface area contributed by atoms with Crippen molar-refractivity contribution in [2.75, 3.05) is 5.43 Å². The van der Waals surface area contributed by atoms with Gasteiger partial charge in [0.25, 0.3) is 0 Å². The molecule has 0 aliphatic heterocycles. The zero-order valence-electron chi connectivity index (χ0n) is 11.7. The molecule has 3 rings (SSSR count). The van der Waals surface area contributed by atoms with Crippen LogP contribution in [0.2, 0.25) is 0 Å². The highest BCUT2D eigenvalue weighted by molar-refractivity contribution is 5.99. The minimum absolute atomic E-state index is 0.227. The Morgan fingerprint density at radius 2 is 1.77 bits per heavy atom. The zero-order valence-corrected chi connectivity index (χ0v) is 11.7. The van der Waals surface area contributed by atoms with Gasteiger partial charge in [-0.05, 0) is 29.0 Å². The Hall–Kier alpha value is -3.14. The maximum Gasteiger partial charge on any atom is 0.335 e. The average Bonchev–Trinajstić information content (AvgIpc) is 2.55. The maximum absolute atomic E-state index is 10.9. The number of anilines is 1. The Balaban J connectivity index is 1.82. The summed E-state index contributed by atoms with van der Waals surface area (Å²) in [5.74, 6) is -0.957. The molecule has 0 amide bonds. The number of carboxylic acid groups (broad SMARTS) is 1. The van der Waals surface area contributed by atoms with Crippen molar-refractivity contribution in [1.82, 2.24) is 0 Å². The van der Waals surface area contributed by atoms with Crippen LogP contribution in [0.25, 0.3) is 10.8 Å². The van der Waals surface area contributed by atoms with E-state index in [1.54, 1.807) is 30.5 Å². The first kappa shape index (κ1) is 13.8. The highest BCUT2D eigenvalue weighted by atomic mass is 16.4. The van der Waals surface area contributed by atoms with Crippen molar-refractivity contribution >= 4 is 28.6 Å². The van der Waals surface area contributed by atoms with E-state index in [-0.39, 0.29) is 5.56 Å². The summed E-state index contributed by atoms with van der Waals surface area (Å²) >= 11 is 0. The van der Waals surface area contributed by atoms with E-state index in [1.807, 2.05) is 30.3 Å². The smallest absolute Gasteiger partial charge is 0.335 e. The number of rotatable bonds is 4. The van der Waals surface area contributed by atoms with Crippen LogP contribution in [0.4, 0.5) is 5.69 Å². The first-order valence-corrected chi connectivity index (χ1v) is 6.84. The lowest BCUT2D eigenvalue weighted by Crippen LogP contribution is -1.97. The van der Waals surface area contributed by atoms with Gasteiger partial charge in [-0.3, -0.25) is 5.43 Å². The van der Waals surface area contributed by atoms with Crippen LogP contribution in [0.3, 0.4) is 0 Å². The van der Waals surface area contributed by atoms with E-state index in [0.29, 0.717) is 5.69 Å². The van der Waals surface area contributed by atoms with Gasteiger partial charge >= 0.3 is 5.97 Å². The minimum Gasteiger partial charge on any atom is -0.478 e. The number of aromatic carboxylic acids is 1. The molecule has 0 spiro atoms. The normalized spacial score (nSPS) is 10.9. The third-order valence-corrected chi connectivity index (χ3v) is 3.33. The molecule has 4 nitrogen and oxygen atoms in total. The van der Waals surface area contributed by atoms with E-state index in [9.17, 15) is 4.79 Å². The molecule has 0 radical (unpaired) electrons. The molecule has 0 aliphatic rings. The average molecular weight is 290 g/mol. The van der Waals surface area contributed by atoms with Crippen molar-refractivity contribution in [2.45, 2.75) is 0 Å². The van der Waals surface area contributed by atoms with Crippen molar-refractivity contribution in [3.05, 3.63) is 77.9 Å². The van der Waals surface area contributed by atoms with Crippen LogP contribution in [0.15, 0.2) is 71.8 Å². The van der Waals surface area contributed by atoms with Crippen LogP contribution in [-0.4, -0.2) is 17.3 Å².